The van der Waals surface area contributed by atoms with Gasteiger partial charge in [0.05, 0.1) is 49.1 Å². The van der Waals surface area contributed by atoms with Crippen LogP contribution in [0.5, 0.6) is 0 Å². The van der Waals surface area contributed by atoms with Gasteiger partial charge in [0.1, 0.15) is 0 Å². The fraction of sp³-hybridized carbons (Fsp3) is 0.375. The molecular weight excluding hydrogens is 294 g/mol. The highest BCUT2D eigenvalue weighted by molar-refractivity contribution is 5.94. The Morgan fingerprint density at radius 2 is 2.04 bits per heavy atom. The predicted molar refractivity (Wildman–Crippen MR) is 85.1 cm³/mol. The van der Waals surface area contributed by atoms with E-state index in [1.54, 1.807) is 42.9 Å². The second kappa shape index (κ2) is 7.15. The van der Waals surface area contributed by atoms with E-state index in [0.29, 0.717) is 25.3 Å². The molecule has 3 heterocycles. The average molecular weight is 313 g/mol. The van der Waals surface area contributed by atoms with Crippen LogP contribution in [0.25, 0.3) is 0 Å². The molecule has 0 unspecified atom stereocenters. The lowest BCUT2D eigenvalue weighted by Crippen LogP contribution is -2.36. The van der Waals surface area contributed by atoms with Crippen LogP contribution >= 0.6 is 0 Å². The summed E-state index contributed by atoms with van der Waals surface area (Å²) < 4.78 is 5.35. The van der Waals surface area contributed by atoms with E-state index < -0.39 is 0 Å². The van der Waals surface area contributed by atoms with Crippen molar-refractivity contribution >= 4 is 11.6 Å². The monoisotopic (exact) mass is 313 g/mol. The molecule has 7 heteroatoms. The first-order valence-electron chi connectivity index (χ1n) is 7.52. The van der Waals surface area contributed by atoms with E-state index in [1.165, 1.54) is 0 Å². The van der Waals surface area contributed by atoms with Gasteiger partial charge in [0.2, 0.25) is 0 Å². The Labute approximate surface area is 134 Å². The second-order valence-corrected chi connectivity index (χ2v) is 5.39. The number of carbonyl (C=O) groups excluding carboxylic acids is 1. The zero-order valence-electron chi connectivity index (χ0n) is 13.1. The number of anilines is 1. The first-order valence-corrected chi connectivity index (χ1v) is 7.52. The van der Waals surface area contributed by atoms with Crippen LogP contribution < -0.4 is 4.90 Å². The molecule has 1 aliphatic heterocycles. The highest BCUT2D eigenvalue weighted by Gasteiger charge is 2.16. The van der Waals surface area contributed by atoms with Gasteiger partial charge in [-0.1, -0.05) is 0 Å². The van der Waals surface area contributed by atoms with Crippen molar-refractivity contribution in [3.8, 4) is 0 Å². The molecule has 2 aromatic rings. The highest BCUT2D eigenvalue weighted by Crippen LogP contribution is 2.17. The molecule has 1 aliphatic rings. The van der Waals surface area contributed by atoms with Crippen molar-refractivity contribution < 1.29 is 9.53 Å². The molecule has 23 heavy (non-hydrogen) atoms. The predicted octanol–water partition coefficient (Wildman–Crippen LogP) is 0.980. The first-order chi connectivity index (χ1) is 11.2. The summed E-state index contributed by atoms with van der Waals surface area (Å²) in [5.41, 5.74) is 2.27. The van der Waals surface area contributed by atoms with Gasteiger partial charge in [0.15, 0.2) is 0 Å². The fourth-order valence-electron chi connectivity index (χ4n) is 2.49. The van der Waals surface area contributed by atoms with Crippen LogP contribution in [0.1, 0.15) is 16.1 Å². The number of carbonyl (C=O) groups is 1. The molecule has 0 aromatic carbocycles. The van der Waals surface area contributed by atoms with Gasteiger partial charge in [0.25, 0.3) is 5.91 Å². The van der Waals surface area contributed by atoms with E-state index in [4.69, 9.17) is 4.74 Å². The Hall–Kier alpha value is -2.54. The molecule has 0 radical (unpaired) electrons. The smallest absolute Gasteiger partial charge is 0.255 e. The third-order valence-corrected chi connectivity index (χ3v) is 3.71. The Kier molecular flexibility index (Phi) is 4.77. The fourth-order valence-corrected chi connectivity index (χ4v) is 2.49. The van der Waals surface area contributed by atoms with Crippen molar-refractivity contribution in [1.82, 2.24) is 19.9 Å². The molecule has 0 atom stereocenters. The minimum absolute atomic E-state index is 0.0849. The molecule has 7 nitrogen and oxygen atoms in total. The van der Waals surface area contributed by atoms with Crippen molar-refractivity contribution in [3.63, 3.8) is 0 Å². The van der Waals surface area contributed by atoms with E-state index in [-0.39, 0.29) is 5.91 Å². The molecule has 0 bridgehead atoms. The first kappa shape index (κ1) is 15.4. The standard InChI is InChI=1S/C16H19N5O2/c1-20(12-14-10-17-2-3-19-14)16(22)13-8-15(11-18-9-13)21-4-6-23-7-5-21/h2-3,8-11H,4-7,12H2,1H3. The van der Waals surface area contributed by atoms with E-state index >= 15 is 0 Å². The lowest BCUT2D eigenvalue weighted by atomic mass is 10.2. The summed E-state index contributed by atoms with van der Waals surface area (Å²) in [7, 11) is 1.75. The zero-order valence-corrected chi connectivity index (χ0v) is 13.1. The SMILES string of the molecule is CN(Cc1cnccn1)C(=O)c1cncc(N2CCOCC2)c1. The number of aromatic nitrogens is 3. The average Bonchev–Trinajstić information content (AvgIpc) is 2.63. The molecule has 120 valence electrons. The molecule has 3 rings (SSSR count). The summed E-state index contributed by atoms with van der Waals surface area (Å²) in [4.78, 5) is 28.8. The summed E-state index contributed by atoms with van der Waals surface area (Å²) in [6.07, 6.45) is 8.27. The number of amides is 1. The highest BCUT2D eigenvalue weighted by atomic mass is 16.5. The van der Waals surface area contributed by atoms with Crippen LogP contribution in [0.3, 0.4) is 0 Å². The second-order valence-electron chi connectivity index (χ2n) is 5.39. The number of ether oxygens (including phenoxy) is 1. The maximum absolute atomic E-state index is 12.6. The zero-order chi connectivity index (χ0) is 16.1. The van der Waals surface area contributed by atoms with Crippen molar-refractivity contribution in [1.29, 1.82) is 0 Å². The maximum Gasteiger partial charge on any atom is 0.255 e. The third kappa shape index (κ3) is 3.81. The van der Waals surface area contributed by atoms with Gasteiger partial charge in [-0.2, -0.15) is 0 Å². The minimum Gasteiger partial charge on any atom is -0.378 e. The quantitative estimate of drug-likeness (QED) is 0.838. The Bertz CT molecular complexity index is 659. The van der Waals surface area contributed by atoms with Crippen molar-refractivity contribution in [2.24, 2.45) is 0 Å². The number of nitrogens with zero attached hydrogens (tertiary/aromatic N) is 5. The third-order valence-electron chi connectivity index (χ3n) is 3.71. The summed E-state index contributed by atoms with van der Waals surface area (Å²) in [5.74, 6) is -0.0849. The summed E-state index contributed by atoms with van der Waals surface area (Å²) >= 11 is 0. The molecule has 1 fully saturated rings. The summed E-state index contributed by atoms with van der Waals surface area (Å²) in [5, 5.41) is 0. The lowest BCUT2D eigenvalue weighted by Gasteiger charge is -2.28. The number of morpholine rings is 1. The van der Waals surface area contributed by atoms with E-state index in [2.05, 4.69) is 19.9 Å². The molecule has 0 aliphatic carbocycles. The Morgan fingerprint density at radius 1 is 1.22 bits per heavy atom. The van der Waals surface area contributed by atoms with Crippen molar-refractivity contribution in [2.45, 2.75) is 6.54 Å². The molecule has 0 spiro atoms. The van der Waals surface area contributed by atoms with Crippen LogP contribution in [0, 0.1) is 0 Å². The van der Waals surface area contributed by atoms with Crippen LogP contribution in [0.15, 0.2) is 37.1 Å². The number of rotatable bonds is 4. The van der Waals surface area contributed by atoms with Gasteiger partial charge in [-0.25, -0.2) is 0 Å². The van der Waals surface area contributed by atoms with Crippen molar-refractivity contribution in [2.75, 3.05) is 38.3 Å². The van der Waals surface area contributed by atoms with Gasteiger partial charge in [0, 0.05) is 38.7 Å². The topological polar surface area (TPSA) is 71.5 Å². The molecule has 0 N–H and O–H groups in total. The van der Waals surface area contributed by atoms with Crippen LogP contribution in [-0.2, 0) is 11.3 Å². The van der Waals surface area contributed by atoms with E-state index in [9.17, 15) is 4.79 Å². The Morgan fingerprint density at radius 3 is 2.78 bits per heavy atom. The van der Waals surface area contributed by atoms with Gasteiger partial charge in [-0.3, -0.25) is 19.7 Å². The number of pyridine rings is 1. The van der Waals surface area contributed by atoms with E-state index in [1.807, 2.05) is 6.07 Å². The molecule has 1 amide bonds. The summed E-state index contributed by atoms with van der Waals surface area (Å²) in [6, 6.07) is 1.88. The number of hydrogen-bond donors (Lipinski definition) is 0. The normalized spacial score (nSPS) is 14.6. The molecule has 0 saturated carbocycles. The van der Waals surface area contributed by atoms with Gasteiger partial charge < -0.3 is 14.5 Å². The molecule has 2 aromatic heterocycles. The maximum atomic E-state index is 12.6. The van der Waals surface area contributed by atoms with Gasteiger partial charge in [-0.15, -0.1) is 0 Å². The van der Waals surface area contributed by atoms with E-state index in [0.717, 1.165) is 24.5 Å². The minimum atomic E-state index is -0.0849. The van der Waals surface area contributed by atoms with Crippen LogP contribution in [-0.4, -0.2) is 59.1 Å². The van der Waals surface area contributed by atoms with Gasteiger partial charge in [-0.05, 0) is 6.07 Å². The largest absolute Gasteiger partial charge is 0.378 e. The van der Waals surface area contributed by atoms with Gasteiger partial charge >= 0.3 is 0 Å². The number of hydrogen-bond acceptors (Lipinski definition) is 6. The molecular formula is C16H19N5O2. The molecule has 1 saturated heterocycles. The van der Waals surface area contributed by atoms with Crippen molar-refractivity contribution in [3.05, 3.63) is 48.3 Å². The lowest BCUT2D eigenvalue weighted by molar-refractivity contribution is 0.0783. The van der Waals surface area contributed by atoms with Crippen LogP contribution in [0.2, 0.25) is 0 Å². The van der Waals surface area contributed by atoms with Crippen LogP contribution in [0.4, 0.5) is 5.69 Å². The summed E-state index contributed by atoms with van der Waals surface area (Å²) in [6.45, 7) is 3.44. The Balaban J connectivity index is 1.71.